The molecule has 0 unspecified atom stereocenters. The smallest absolute Gasteiger partial charge is 0.267 e. The maximum Gasteiger partial charge on any atom is 0.271 e. The number of aromatic nitrogens is 3. The second-order valence-corrected chi connectivity index (χ2v) is 5.97. The van der Waals surface area contributed by atoms with Gasteiger partial charge in [-0.25, -0.2) is 4.68 Å². The SMILES string of the molecule is Cc1nn(-c2ccc(C(=O)NNC(=O)c3cccnc3)cc2)c(C)c1Cl. The first-order valence-corrected chi connectivity index (χ1v) is 8.18. The van der Waals surface area contributed by atoms with Gasteiger partial charge in [-0.2, -0.15) is 5.10 Å². The lowest BCUT2D eigenvalue weighted by atomic mass is 10.2. The molecule has 7 nitrogen and oxygen atoms in total. The molecule has 8 heteroatoms. The third kappa shape index (κ3) is 3.57. The van der Waals surface area contributed by atoms with Gasteiger partial charge in [-0.15, -0.1) is 0 Å². The first-order valence-electron chi connectivity index (χ1n) is 7.80. The molecule has 3 rings (SSSR count). The molecule has 0 aliphatic rings. The van der Waals surface area contributed by atoms with Crippen LogP contribution in [0.15, 0.2) is 48.8 Å². The van der Waals surface area contributed by atoms with Gasteiger partial charge in [0.05, 0.1) is 27.7 Å². The molecule has 0 atom stereocenters. The van der Waals surface area contributed by atoms with Gasteiger partial charge in [-0.3, -0.25) is 25.4 Å². The highest BCUT2D eigenvalue weighted by Crippen LogP contribution is 2.22. The van der Waals surface area contributed by atoms with E-state index in [0.717, 1.165) is 17.1 Å². The van der Waals surface area contributed by atoms with Gasteiger partial charge in [0.1, 0.15) is 0 Å². The minimum absolute atomic E-state index is 0.351. The molecule has 2 amide bonds. The largest absolute Gasteiger partial charge is 0.271 e. The fourth-order valence-electron chi connectivity index (χ4n) is 2.38. The summed E-state index contributed by atoms with van der Waals surface area (Å²) in [6.45, 7) is 3.70. The van der Waals surface area contributed by atoms with Gasteiger partial charge in [-0.1, -0.05) is 11.6 Å². The average molecular weight is 370 g/mol. The zero-order valence-corrected chi connectivity index (χ0v) is 14.9. The second kappa shape index (κ2) is 7.37. The monoisotopic (exact) mass is 369 g/mol. The number of aryl methyl sites for hydroxylation is 1. The molecule has 3 aromatic rings. The molecule has 0 radical (unpaired) electrons. The van der Waals surface area contributed by atoms with Crippen molar-refractivity contribution in [3.63, 3.8) is 0 Å². The molecule has 0 saturated carbocycles. The Morgan fingerprint density at radius 2 is 1.65 bits per heavy atom. The van der Waals surface area contributed by atoms with Crippen LogP contribution < -0.4 is 10.9 Å². The number of pyridine rings is 1. The van der Waals surface area contributed by atoms with E-state index in [9.17, 15) is 9.59 Å². The highest BCUT2D eigenvalue weighted by molar-refractivity contribution is 6.31. The van der Waals surface area contributed by atoms with Crippen LogP contribution >= 0.6 is 11.6 Å². The molecule has 2 heterocycles. The lowest BCUT2D eigenvalue weighted by Gasteiger charge is -2.08. The Balaban J connectivity index is 1.67. The van der Waals surface area contributed by atoms with Crippen LogP contribution in [0.4, 0.5) is 0 Å². The van der Waals surface area contributed by atoms with Crippen molar-refractivity contribution in [1.82, 2.24) is 25.6 Å². The third-order valence-electron chi connectivity index (χ3n) is 3.79. The molecule has 0 spiro atoms. The Bertz CT molecular complexity index is 952. The third-order valence-corrected chi connectivity index (χ3v) is 4.34. The summed E-state index contributed by atoms with van der Waals surface area (Å²) in [4.78, 5) is 27.9. The average Bonchev–Trinajstić information content (AvgIpc) is 2.94. The van der Waals surface area contributed by atoms with Crippen molar-refractivity contribution in [2.75, 3.05) is 0 Å². The number of nitrogens with zero attached hydrogens (tertiary/aromatic N) is 3. The van der Waals surface area contributed by atoms with E-state index in [0.29, 0.717) is 16.1 Å². The summed E-state index contributed by atoms with van der Waals surface area (Å²) < 4.78 is 1.71. The van der Waals surface area contributed by atoms with Crippen LogP contribution in [0, 0.1) is 13.8 Å². The lowest BCUT2D eigenvalue weighted by Crippen LogP contribution is -2.41. The van der Waals surface area contributed by atoms with Gasteiger partial charge in [0.2, 0.25) is 0 Å². The van der Waals surface area contributed by atoms with Gasteiger partial charge in [0.25, 0.3) is 11.8 Å². The van der Waals surface area contributed by atoms with Crippen molar-refractivity contribution < 1.29 is 9.59 Å². The van der Waals surface area contributed by atoms with Crippen molar-refractivity contribution >= 4 is 23.4 Å². The van der Waals surface area contributed by atoms with E-state index in [1.54, 1.807) is 47.3 Å². The van der Waals surface area contributed by atoms with Crippen molar-refractivity contribution in [2.45, 2.75) is 13.8 Å². The first kappa shape index (κ1) is 17.6. The maximum absolute atomic E-state index is 12.2. The number of carbonyl (C=O) groups excluding carboxylic acids is 2. The van der Waals surface area contributed by atoms with E-state index in [-0.39, 0.29) is 0 Å². The van der Waals surface area contributed by atoms with E-state index in [1.165, 1.54) is 6.20 Å². The molecule has 2 N–H and O–H groups in total. The van der Waals surface area contributed by atoms with Gasteiger partial charge >= 0.3 is 0 Å². The molecule has 0 aliphatic heterocycles. The standard InChI is InChI=1S/C18H16ClN5O2/c1-11-16(19)12(2)24(23-11)15-7-5-13(6-8-15)17(25)21-22-18(26)14-4-3-9-20-10-14/h3-10H,1-2H3,(H,21,25)(H,22,26). The van der Waals surface area contributed by atoms with Crippen molar-refractivity contribution in [3.8, 4) is 5.69 Å². The number of hydrazine groups is 1. The first-order chi connectivity index (χ1) is 12.5. The number of amides is 2. The molecule has 1 aromatic carbocycles. The van der Waals surface area contributed by atoms with Crippen molar-refractivity contribution in [1.29, 1.82) is 0 Å². The molecule has 0 aliphatic carbocycles. The number of halogens is 1. The number of hydrogen-bond donors (Lipinski definition) is 2. The lowest BCUT2D eigenvalue weighted by molar-refractivity contribution is 0.0846. The fraction of sp³-hybridized carbons (Fsp3) is 0.111. The predicted molar refractivity (Wildman–Crippen MR) is 97.2 cm³/mol. The van der Waals surface area contributed by atoms with Gasteiger partial charge < -0.3 is 0 Å². The molecule has 2 aromatic heterocycles. The quantitative estimate of drug-likeness (QED) is 0.694. The van der Waals surface area contributed by atoms with E-state index in [4.69, 9.17) is 11.6 Å². The highest BCUT2D eigenvalue weighted by atomic mass is 35.5. The topological polar surface area (TPSA) is 88.9 Å². The molecule has 26 heavy (non-hydrogen) atoms. The molecule has 0 bridgehead atoms. The van der Waals surface area contributed by atoms with E-state index >= 15 is 0 Å². The Hall–Kier alpha value is -3.19. The Morgan fingerprint density at radius 3 is 2.19 bits per heavy atom. The van der Waals surface area contributed by atoms with Crippen LogP contribution in [0.3, 0.4) is 0 Å². The summed E-state index contributed by atoms with van der Waals surface area (Å²) in [5.74, 6) is -0.874. The van der Waals surface area contributed by atoms with E-state index in [2.05, 4.69) is 20.9 Å². The molecular weight excluding hydrogens is 354 g/mol. The van der Waals surface area contributed by atoms with Crippen molar-refractivity contribution in [3.05, 3.63) is 76.3 Å². The Labute approximate surface area is 155 Å². The summed E-state index contributed by atoms with van der Waals surface area (Å²) >= 11 is 6.16. The number of carbonyl (C=O) groups is 2. The van der Waals surface area contributed by atoms with Gasteiger partial charge in [-0.05, 0) is 50.2 Å². The summed E-state index contributed by atoms with van der Waals surface area (Å²) in [7, 11) is 0. The molecule has 0 saturated heterocycles. The number of nitrogens with one attached hydrogen (secondary N) is 2. The Morgan fingerprint density at radius 1 is 1.00 bits per heavy atom. The number of hydrogen-bond acceptors (Lipinski definition) is 4. The van der Waals surface area contributed by atoms with Crippen LogP contribution in [0.5, 0.6) is 0 Å². The zero-order valence-electron chi connectivity index (χ0n) is 14.2. The summed E-state index contributed by atoms with van der Waals surface area (Å²) in [5.41, 5.74) is 7.82. The van der Waals surface area contributed by atoms with Crippen LogP contribution in [0.25, 0.3) is 5.69 Å². The summed E-state index contributed by atoms with van der Waals surface area (Å²) in [6, 6.07) is 10.0. The van der Waals surface area contributed by atoms with Crippen LogP contribution in [0.1, 0.15) is 32.1 Å². The number of benzene rings is 1. The fourth-order valence-corrected chi connectivity index (χ4v) is 2.50. The minimum Gasteiger partial charge on any atom is -0.267 e. The zero-order chi connectivity index (χ0) is 18.7. The highest BCUT2D eigenvalue weighted by Gasteiger charge is 2.12. The van der Waals surface area contributed by atoms with Crippen LogP contribution in [-0.4, -0.2) is 26.6 Å². The molecule has 0 fully saturated rings. The van der Waals surface area contributed by atoms with E-state index in [1.807, 2.05) is 13.8 Å². The predicted octanol–water partition coefficient (Wildman–Crippen LogP) is 2.61. The normalized spacial score (nSPS) is 10.4. The van der Waals surface area contributed by atoms with Crippen molar-refractivity contribution in [2.24, 2.45) is 0 Å². The van der Waals surface area contributed by atoms with Gasteiger partial charge in [0, 0.05) is 18.0 Å². The second-order valence-electron chi connectivity index (χ2n) is 5.59. The van der Waals surface area contributed by atoms with Crippen LogP contribution in [0.2, 0.25) is 5.02 Å². The van der Waals surface area contributed by atoms with Crippen LogP contribution in [-0.2, 0) is 0 Å². The van der Waals surface area contributed by atoms with Gasteiger partial charge in [0.15, 0.2) is 0 Å². The minimum atomic E-state index is -0.444. The summed E-state index contributed by atoms with van der Waals surface area (Å²) in [6.07, 6.45) is 2.97. The number of rotatable bonds is 3. The maximum atomic E-state index is 12.2. The van der Waals surface area contributed by atoms with E-state index < -0.39 is 11.8 Å². The molecular formula is C18H16ClN5O2. The molecule has 132 valence electrons. The summed E-state index contributed by atoms with van der Waals surface area (Å²) in [5, 5.41) is 4.98. The Kier molecular flexibility index (Phi) is 4.99.